The van der Waals surface area contributed by atoms with E-state index in [9.17, 15) is 0 Å². The molecule has 1 fully saturated rings. The van der Waals surface area contributed by atoms with E-state index in [0.29, 0.717) is 6.04 Å². The molecule has 1 aliphatic carbocycles. The van der Waals surface area contributed by atoms with Crippen molar-refractivity contribution < 1.29 is 0 Å². The van der Waals surface area contributed by atoms with Crippen molar-refractivity contribution in [1.29, 1.82) is 0 Å². The van der Waals surface area contributed by atoms with Gasteiger partial charge in [0.2, 0.25) is 0 Å². The fraction of sp³-hybridized carbons (Fsp3) is 0.818. The van der Waals surface area contributed by atoms with E-state index in [2.05, 4.69) is 28.6 Å². The van der Waals surface area contributed by atoms with Gasteiger partial charge in [0.1, 0.15) is 12.2 Å². The highest BCUT2D eigenvalue weighted by atomic mass is 15.3. The van der Waals surface area contributed by atoms with E-state index in [0.717, 1.165) is 25.1 Å². The summed E-state index contributed by atoms with van der Waals surface area (Å²) in [7, 11) is 0. The van der Waals surface area contributed by atoms with E-state index in [1.54, 1.807) is 6.33 Å². The van der Waals surface area contributed by atoms with E-state index in [1.165, 1.54) is 12.8 Å². The molecule has 1 aromatic rings. The quantitative estimate of drug-likeness (QED) is 0.822. The van der Waals surface area contributed by atoms with Gasteiger partial charge in [0.15, 0.2) is 0 Å². The van der Waals surface area contributed by atoms with Crippen LogP contribution in [0, 0.1) is 0 Å². The number of hydrogen-bond donors (Lipinski definition) is 1. The van der Waals surface area contributed by atoms with E-state index in [4.69, 9.17) is 5.73 Å². The SMILES string of the molecule is CC(C)n1cnnc1CC1(N)CCCC1. The van der Waals surface area contributed by atoms with E-state index in [1.807, 2.05) is 0 Å². The monoisotopic (exact) mass is 208 g/mol. The second kappa shape index (κ2) is 3.93. The Kier molecular flexibility index (Phi) is 2.78. The Morgan fingerprint density at radius 3 is 2.73 bits per heavy atom. The molecule has 0 aromatic carbocycles. The molecule has 1 aliphatic rings. The molecule has 4 nitrogen and oxygen atoms in total. The lowest BCUT2D eigenvalue weighted by Crippen LogP contribution is -2.39. The average molecular weight is 208 g/mol. The normalized spacial score (nSPS) is 20.0. The number of aromatic nitrogens is 3. The number of rotatable bonds is 3. The van der Waals surface area contributed by atoms with Crippen molar-refractivity contribution in [2.24, 2.45) is 5.73 Å². The minimum absolute atomic E-state index is 0.0281. The molecule has 0 radical (unpaired) electrons. The molecule has 0 amide bonds. The number of hydrogen-bond acceptors (Lipinski definition) is 3. The first-order valence-electron chi connectivity index (χ1n) is 5.78. The summed E-state index contributed by atoms with van der Waals surface area (Å²) in [6.45, 7) is 4.29. The molecule has 0 spiro atoms. The highest BCUT2D eigenvalue weighted by molar-refractivity contribution is 5.01. The second-order valence-corrected chi connectivity index (χ2v) is 4.99. The minimum atomic E-state index is -0.0281. The zero-order valence-electron chi connectivity index (χ0n) is 9.61. The maximum absolute atomic E-state index is 6.34. The highest BCUT2D eigenvalue weighted by Gasteiger charge is 2.31. The molecule has 0 saturated heterocycles. The van der Waals surface area contributed by atoms with Gasteiger partial charge in [0.25, 0.3) is 0 Å². The Bertz CT molecular complexity index is 323. The van der Waals surface area contributed by atoms with Gasteiger partial charge >= 0.3 is 0 Å². The Morgan fingerprint density at radius 1 is 1.47 bits per heavy atom. The Morgan fingerprint density at radius 2 is 2.13 bits per heavy atom. The number of nitrogens with two attached hydrogens (primary N) is 1. The maximum Gasteiger partial charge on any atom is 0.134 e. The first-order valence-corrected chi connectivity index (χ1v) is 5.78. The molecule has 15 heavy (non-hydrogen) atoms. The molecule has 0 unspecified atom stereocenters. The zero-order valence-corrected chi connectivity index (χ0v) is 9.61. The first kappa shape index (κ1) is 10.6. The van der Waals surface area contributed by atoms with Crippen LogP contribution in [-0.4, -0.2) is 20.3 Å². The fourth-order valence-corrected chi connectivity index (χ4v) is 2.40. The minimum Gasteiger partial charge on any atom is -0.325 e. The molecular weight excluding hydrogens is 188 g/mol. The second-order valence-electron chi connectivity index (χ2n) is 4.99. The van der Waals surface area contributed by atoms with Crippen molar-refractivity contribution in [1.82, 2.24) is 14.8 Å². The van der Waals surface area contributed by atoms with Gasteiger partial charge in [-0.1, -0.05) is 12.8 Å². The predicted octanol–water partition coefficient (Wildman–Crippen LogP) is 1.67. The molecule has 1 aromatic heterocycles. The topological polar surface area (TPSA) is 56.7 Å². The lowest BCUT2D eigenvalue weighted by Gasteiger charge is -2.23. The Hall–Kier alpha value is -0.900. The standard InChI is InChI=1S/C11H20N4/c1-9(2)15-8-13-14-10(15)7-11(12)5-3-4-6-11/h8-9H,3-7,12H2,1-2H3. The van der Waals surface area contributed by atoms with E-state index in [-0.39, 0.29) is 5.54 Å². The molecule has 1 heterocycles. The molecule has 0 aliphatic heterocycles. The summed E-state index contributed by atoms with van der Waals surface area (Å²) in [5.41, 5.74) is 6.31. The third-order valence-corrected chi connectivity index (χ3v) is 3.31. The molecule has 2 N–H and O–H groups in total. The number of nitrogens with zero attached hydrogens (tertiary/aromatic N) is 3. The molecular formula is C11H20N4. The van der Waals surface area contributed by atoms with Crippen LogP contribution in [0.5, 0.6) is 0 Å². The Labute approximate surface area is 90.9 Å². The summed E-state index contributed by atoms with van der Waals surface area (Å²) < 4.78 is 2.12. The molecule has 0 bridgehead atoms. The first-order chi connectivity index (χ1) is 7.11. The molecule has 4 heteroatoms. The van der Waals surface area contributed by atoms with Crippen LogP contribution in [0.3, 0.4) is 0 Å². The third kappa shape index (κ3) is 2.20. The summed E-state index contributed by atoms with van der Waals surface area (Å²) in [6, 6.07) is 0.417. The van der Waals surface area contributed by atoms with Gasteiger partial charge in [-0.05, 0) is 26.7 Å². The van der Waals surface area contributed by atoms with Crippen LogP contribution in [0.2, 0.25) is 0 Å². The summed E-state index contributed by atoms with van der Waals surface area (Å²) >= 11 is 0. The van der Waals surface area contributed by atoms with Crippen molar-refractivity contribution >= 4 is 0 Å². The van der Waals surface area contributed by atoms with Gasteiger partial charge in [-0.25, -0.2) is 0 Å². The summed E-state index contributed by atoms with van der Waals surface area (Å²) in [4.78, 5) is 0. The molecule has 1 saturated carbocycles. The summed E-state index contributed by atoms with van der Waals surface area (Å²) in [6.07, 6.45) is 7.43. The van der Waals surface area contributed by atoms with Gasteiger partial charge in [-0.15, -0.1) is 10.2 Å². The van der Waals surface area contributed by atoms with Gasteiger partial charge in [0.05, 0.1) is 0 Å². The zero-order chi connectivity index (χ0) is 10.9. The van der Waals surface area contributed by atoms with Gasteiger partial charge in [-0.3, -0.25) is 0 Å². The Balaban J connectivity index is 2.13. The average Bonchev–Trinajstić information content (AvgIpc) is 2.75. The fourth-order valence-electron chi connectivity index (χ4n) is 2.40. The third-order valence-electron chi connectivity index (χ3n) is 3.31. The van der Waals surface area contributed by atoms with Crippen LogP contribution in [0.1, 0.15) is 51.4 Å². The van der Waals surface area contributed by atoms with Crippen molar-refractivity contribution in [2.75, 3.05) is 0 Å². The maximum atomic E-state index is 6.34. The lowest BCUT2D eigenvalue weighted by molar-refractivity contribution is 0.410. The van der Waals surface area contributed by atoms with Crippen LogP contribution in [-0.2, 0) is 6.42 Å². The lowest BCUT2D eigenvalue weighted by atomic mass is 9.94. The summed E-state index contributed by atoms with van der Waals surface area (Å²) in [5, 5.41) is 8.15. The van der Waals surface area contributed by atoms with Crippen molar-refractivity contribution in [3.05, 3.63) is 12.2 Å². The van der Waals surface area contributed by atoms with Crippen molar-refractivity contribution in [2.45, 2.75) is 57.5 Å². The van der Waals surface area contributed by atoms with Crippen molar-refractivity contribution in [3.8, 4) is 0 Å². The van der Waals surface area contributed by atoms with Gasteiger partial charge < -0.3 is 10.3 Å². The van der Waals surface area contributed by atoms with E-state index >= 15 is 0 Å². The van der Waals surface area contributed by atoms with Gasteiger partial charge in [0, 0.05) is 18.0 Å². The van der Waals surface area contributed by atoms with Crippen molar-refractivity contribution in [3.63, 3.8) is 0 Å². The largest absolute Gasteiger partial charge is 0.325 e. The van der Waals surface area contributed by atoms with Crippen LogP contribution in [0.25, 0.3) is 0 Å². The molecule has 2 rings (SSSR count). The van der Waals surface area contributed by atoms with Gasteiger partial charge in [-0.2, -0.15) is 0 Å². The van der Waals surface area contributed by atoms with E-state index < -0.39 is 0 Å². The van der Waals surface area contributed by atoms with Crippen LogP contribution >= 0.6 is 0 Å². The molecule has 84 valence electrons. The summed E-state index contributed by atoms with van der Waals surface area (Å²) in [5.74, 6) is 1.04. The highest BCUT2D eigenvalue weighted by Crippen LogP contribution is 2.30. The predicted molar refractivity (Wildman–Crippen MR) is 59.5 cm³/mol. The molecule has 0 atom stereocenters. The van der Waals surface area contributed by atoms with Crippen LogP contribution in [0.4, 0.5) is 0 Å². The van der Waals surface area contributed by atoms with Crippen LogP contribution in [0.15, 0.2) is 6.33 Å². The smallest absolute Gasteiger partial charge is 0.134 e. The van der Waals surface area contributed by atoms with Crippen LogP contribution < -0.4 is 5.73 Å².